The Bertz CT molecular complexity index is 492. The number of benzene rings is 2. The second kappa shape index (κ2) is 7.50. The van der Waals surface area contributed by atoms with Crippen molar-refractivity contribution < 1.29 is 0 Å². The number of rotatable bonds is 0. The first kappa shape index (κ1) is 16.0. The standard InChI is InChI=1S/C7H6BrI.C7H8BrN/c2*1-5-2-3-6(9)4-7(5)8/h2-4H,1H3;2-4H,9H2,1H3. The van der Waals surface area contributed by atoms with Crippen molar-refractivity contribution in [2.45, 2.75) is 13.8 Å². The lowest BCUT2D eigenvalue weighted by Gasteiger charge is -1.96. The average molecular weight is 483 g/mol. The summed E-state index contributed by atoms with van der Waals surface area (Å²) in [6.45, 7) is 4.11. The van der Waals surface area contributed by atoms with Crippen LogP contribution >= 0.6 is 54.5 Å². The highest BCUT2D eigenvalue weighted by Crippen LogP contribution is 2.18. The highest BCUT2D eigenvalue weighted by molar-refractivity contribution is 14.1. The zero-order chi connectivity index (χ0) is 13.7. The van der Waals surface area contributed by atoms with Crippen LogP contribution in [0.2, 0.25) is 0 Å². The molecule has 0 amide bonds. The van der Waals surface area contributed by atoms with Crippen LogP contribution in [0.5, 0.6) is 0 Å². The molecule has 0 spiro atoms. The highest BCUT2D eigenvalue weighted by Gasteiger charge is 1.92. The van der Waals surface area contributed by atoms with E-state index in [1.54, 1.807) is 0 Å². The fourth-order valence-electron chi connectivity index (χ4n) is 1.18. The van der Waals surface area contributed by atoms with E-state index in [9.17, 15) is 0 Å². The molecule has 1 nitrogen and oxygen atoms in total. The van der Waals surface area contributed by atoms with E-state index in [1.807, 2.05) is 25.1 Å². The average Bonchev–Trinajstić information content (AvgIpc) is 2.30. The fraction of sp³-hybridized carbons (Fsp3) is 0.143. The van der Waals surface area contributed by atoms with Gasteiger partial charge < -0.3 is 5.73 Å². The summed E-state index contributed by atoms with van der Waals surface area (Å²) in [5, 5.41) is 0. The largest absolute Gasteiger partial charge is 0.399 e. The highest BCUT2D eigenvalue weighted by atomic mass is 127. The molecule has 4 heteroatoms. The number of halogens is 3. The molecular formula is C14H14Br2IN. The first-order valence-corrected chi connectivity index (χ1v) is 8.00. The molecule has 0 saturated carbocycles. The van der Waals surface area contributed by atoms with Crippen molar-refractivity contribution in [1.29, 1.82) is 0 Å². The van der Waals surface area contributed by atoms with Gasteiger partial charge in [0.2, 0.25) is 0 Å². The molecule has 0 bridgehead atoms. The van der Waals surface area contributed by atoms with E-state index in [1.165, 1.54) is 19.2 Å². The summed E-state index contributed by atoms with van der Waals surface area (Å²) in [6.07, 6.45) is 0. The zero-order valence-corrected chi connectivity index (χ0v) is 15.5. The second-order valence-corrected chi connectivity index (χ2v) is 6.86. The lowest BCUT2D eigenvalue weighted by Crippen LogP contribution is -1.84. The topological polar surface area (TPSA) is 26.0 Å². The van der Waals surface area contributed by atoms with Crippen molar-refractivity contribution >= 4 is 60.1 Å². The Labute approximate surface area is 139 Å². The van der Waals surface area contributed by atoms with Crippen molar-refractivity contribution in [2.75, 3.05) is 5.73 Å². The molecule has 0 aliphatic heterocycles. The lowest BCUT2D eigenvalue weighted by molar-refractivity contribution is 1.42. The molecule has 0 aliphatic carbocycles. The third-order valence-electron chi connectivity index (χ3n) is 2.33. The number of hydrogen-bond donors (Lipinski definition) is 1. The van der Waals surface area contributed by atoms with Crippen molar-refractivity contribution in [3.63, 3.8) is 0 Å². The summed E-state index contributed by atoms with van der Waals surface area (Å²) >= 11 is 9.10. The second-order valence-electron chi connectivity index (χ2n) is 3.90. The zero-order valence-electron chi connectivity index (χ0n) is 10.2. The molecule has 2 aromatic carbocycles. The summed E-state index contributed by atoms with van der Waals surface area (Å²) in [6, 6.07) is 12.1. The summed E-state index contributed by atoms with van der Waals surface area (Å²) in [7, 11) is 0. The van der Waals surface area contributed by atoms with Crippen molar-refractivity contribution in [3.8, 4) is 0 Å². The molecule has 0 fully saturated rings. The van der Waals surface area contributed by atoms with Gasteiger partial charge in [0.15, 0.2) is 0 Å². The summed E-state index contributed by atoms with van der Waals surface area (Å²) < 4.78 is 3.53. The Morgan fingerprint density at radius 2 is 1.39 bits per heavy atom. The molecule has 0 aromatic heterocycles. The molecule has 0 atom stereocenters. The van der Waals surface area contributed by atoms with Crippen LogP contribution in [0.4, 0.5) is 5.69 Å². The minimum atomic E-state index is 0.799. The van der Waals surface area contributed by atoms with Gasteiger partial charge in [0.1, 0.15) is 0 Å². The van der Waals surface area contributed by atoms with Gasteiger partial charge >= 0.3 is 0 Å². The fourth-order valence-corrected chi connectivity index (χ4v) is 2.87. The number of aryl methyl sites for hydroxylation is 2. The summed E-state index contributed by atoms with van der Waals surface area (Å²) in [5.41, 5.74) is 8.80. The van der Waals surface area contributed by atoms with Crippen LogP contribution in [0.3, 0.4) is 0 Å². The van der Waals surface area contributed by atoms with E-state index in [2.05, 4.69) is 79.6 Å². The van der Waals surface area contributed by atoms with Crippen LogP contribution < -0.4 is 5.73 Å². The first-order chi connectivity index (χ1) is 8.40. The van der Waals surface area contributed by atoms with Gasteiger partial charge in [-0.15, -0.1) is 0 Å². The van der Waals surface area contributed by atoms with Gasteiger partial charge in [-0.25, -0.2) is 0 Å². The normalized spacial score (nSPS) is 9.61. The lowest BCUT2D eigenvalue weighted by atomic mass is 10.2. The maximum atomic E-state index is 5.50. The molecule has 0 radical (unpaired) electrons. The quantitative estimate of drug-likeness (QED) is 0.378. The monoisotopic (exact) mass is 481 g/mol. The third kappa shape index (κ3) is 5.28. The van der Waals surface area contributed by atoms with Crippen molar-refractivity contribution in [2.24, 2.45) is 0 Å². The van der Waals surface area contributed by atoms with E-state index in [-0.39, 0.29) is 0 Å². The predicted octanol–water partition coefficient (Wildman–Crippen LogP) is 5.70. The number of nitrogens with two attached hydrogens (primary N) is 1. The predicted molar refractivity (Wildman–Crippen MR) is 94.9 cm³/mol. The van der Waals surface area contributed by atoms with Crippen molar-refractivity contribution in [1.82, 2.24) is 0 Å². The molecule has 96 valence electrons. The van der Waals surface area contributed by atoms with E-state index in [0.29, 0.717) is 0 Å². The van der Waals surface area contributed by atoms with E-state index in [4.69, 9.17) is 5.73 Å². The molecule has 18 heavy (non-hydrogen) atoms. The third-order valence-corrected chi connectivity index (χ3v) is 4.71. The number of hydrogen-bond acceptors (Lipinski definition) is 1. The summed E-state index contributed by atoms with van der Waals surface area (Å²) in [4.78, 5) is 0. The van der Waals surface area contributed by atoms with Gasteiger partial charge in [-0.1, -0.05) is 44.0 Å². The van der Waals surface area contributed by atoms with Gasteiger partial charge in [-0.05, 0) is 71.8 Å². The SMILES string of the molecule is Cc1ccc(I)cc1Br.Cc1ccc(N)cc1Br. The summed E-state index contributed by atoms with van der Waals surface area (Å²) in [5.74, 6) is 0. The molecule has 0 heterocycles. The maximum Gasteiger partial charge on any atom is 0.0325 e. The minimum Gasteiger partial charge on any atom is -0.399 e. The van der Waals surface area contributed by atoms with Crippen molar-refractivity contribution in [3.05, 3.63) is 60.0 Å². The Balaban J connectivity index is 0.000000180. The van der Waals surface area contributed by atoms with Gasteiger partial charge in [0.25, 0.3) is 0 Å². The number of nitrogen functional groups attached to an aromatic ring is 1. The van der Waals surface area contributed by atoms with E-state index in [0.717, 1.165) is 10.2 Å². The Hall–Kier alpha value is -0.0700. The molecule has 2 rings (SSSR count). The molecule has 0 aliphatic rings. The van der Waals surface area contributed by atoms with Gasteiger partial charge in [0.05, 0.1) is 0 Å². The molecule has 0 unspecified atom stereocenters. The Morgan fingerprint density at radius 3 is 1.78 bits per heavy atom. The number of anilines is 1. The van der Waals surface area contributed by atoms with Gasteiger partial charge in [0, 0.05) is 18.2 Å². The molecule has 0 saturated heterocycles. The molecular weight excluding hydrogens is 469 g/mol. The van der Waals surface area contributed by atoms with Crippen LogP contribution in [0, 0.1) is 17.4 Å². The van der Waals surface area contributed by atoms with Crippen LogP contribution in [-0.2, 0) is 0 Å². The van der Waals surface area contributed by atoms with Gasteiger partial charge in [-0.3, -0.25) is 0 Å². The molecule has 2 aromatic rings. The Kier molecular flexibility index (Phi) is 6.66. The van der Waals surface area contributed by atoms with E-state index >= 15 is 0 Å². The van der Waals surface area contributed by atoms with Crippen LogP contribution in [-0.4, -0.2) is 0 Å². The van der Waals surface area contributed by atoms with Crippen LogP contribution in [0.15, 0.2) is 45.3 Å². The molecule has 2 N–H and O–H groups in total. The van der Waals surface area contributed by atoms with Gasteiger partial charge in [-0.2, -0.15) is 0 Å². The van der Waals surface area contributed by atoms with Crippen LogP contribution in [0.1, 0.15) is 11.1 Å². The van der Waals surface area contributed by atoms with Crippen LogP contribution in [0.25, 0.3) is 0 Å². The smallest absolute Gasteiger partial charge is 0.0325 e. The first-order valence-electron chi connectivity index (χ1n) is 5.33. The maximum absolute atomic E-state index is 5.50. The van der Waals surface area contributed by atoms with E-state index < -0.39 is 0 Å². The Morgan fingerprint density at radius 1 is 0.889 bits per heavy atom. The minimum absolute atomic E-state index is 0.799.